The van der Waals surface area contributed by atoms with Crippen molar-refractivity contribution in [2.24, 2.45) is 0 Å². The van der Waals surface area contributed by atoms with E-state index in [1.165, 1.54) is 72.8 Å². The molecule has 0 atom stereocenters. The minimum atomic E-state index is 0.0439. The molecule has 0 saturated carbocycles. The number of hydrogen-bond acceptors (Lipinski definition) is 2. The maximum absolute atomic E-state index is 2.50. The second-order valence-electron chi connectivity index (χ2n) is 14.5. The lowest BCUT2D eigenvalue weighted by Crippen LogP contribution is -2.61. The molecule has 0 radical (unpaired) electrons. The van der Waals surface area contributed by atoms with E-state index in [1.807, 2.05) is 27.7 Å². The van der Waals surface area contributed by atoms with Crippen molar-refractivity contribution < 1.29 is 0 Å². The molecular weight excluding hydrogens is 567 g/mol. The lowest BCUT2D eigenvalue weighted by Gasteiger charge is -2.44. The standard InChI is InChI=1S/C40H41BN2.2C2H6/c1-26-12-18-30(19-13-26)42-34-22-16-28(39(3,4)5)24-32(34)41-33-25-29(40(6,7)8)17-23-35(33)43(31-20-14-27(2)15-21-31)37-11-9-10-36(42)38(37)41;2*1-2/h9-25H,1-8H3;2*1-2H3. The van der Waals surface area contributed by atoms with Crippen LogP contribution in [0.4, 0.5) is 34.1 Å². The van der Waals surface area contributed by atoms with Crippen molar-refractivity contribution in [3.05, 3.63) is 125 Å². The third-order valence-electron chi connectivity index (χ3n) is 9.31. The summed E-state index contributed by atoms with van der Waals surface area (Å²) in [5.74, 6) is 0. The Morgan fingerprint density at radius 2 is 0.809 bits per heavy atom. The molecule has 2 aliphatic rings. The van der Waals surface area contributed by atoms with Crippen LogP contribution in [0.2, 0.25) is 0 Å². The monoisotopic (exact) mass is 620 g/mol. The highest BCUT2D eigenvalue weighted by Gasteiger charge is 2.43. The summed E-state index contributed by atoms with van der Waals surface area (Å²) < 4.78 is 0. The van der Waals surface area contributed by atoms with Gasteiger partial charge in [0, 0.05) is 34.1 Å². The molecule has 0 N–H and O–H groups in total. The van der Waals surface area contributed by atoms with Gasteiger partial charge in [0.05, 0.1) is 0 Å². The minimum absolute atomic E-state index is 0.0439. The maximum atomic E-state index is 2.50. The molecule has 2 nitrogen and oxygen atoms in total. The van der Waals surface area contributed by atoms with E-state index in [1.54, 1.807) is 0 Å². The molecule has 2 aliphatic heterocycles. The SMILES string of the molecule is CC.CC.Cc1ccc(N2c3ccc(C(C)(C)C)cc3B3c4cc(C(C)(C)C)ccc4N(c4ccc(C)cc4)c4cccc2c43)cc1. The molecule has 0 unspecified atom stereocenters. The highest BCUT2D eigenvalue weighted by molar-refractivity contribution is 7.00. The Kier molecular flexibility index (Phi) is 9.51. The van der Waals surface area contributed by atoms with Crippen molar-refractivity contribution in [3.63, 3.8) is 0 Å². The van der Waals surface area contributed by atoms with Gasteiger partial charge in [0.1, 0.15) is 0 Å². The third-order valence-corrected chi connectivity index (χ3v) is 9.31. The smallest absolute Gasteiger partial charge is 0.252 e. The molecule has 5 aromatic carbocycles. The minimum Gasteiger partial charge on any atom is -0.311 e. The molecule has 47 heavy (non-hydrogen) atoms. The van der Waals surface area contributed by atoms with Gasteiger partial charge in [-0.3, -0.25) is 0 Å². The van der Waals surface area contributed by atoms with Crippen molar-refractivity contribution >= 4 is 57.2 Å². The Morgan fingerprint density at radius 1 is 0.447 bits per heavy atom. The van der Waals surface area contributed by atoms with Crippen LogP contribution in [0.3, 0.4) is 0 Å². The molecule has 242 valence electrons. The van der Waals surface area contributed by atoms with E-state index in [-0.39, 0.29) is 17.5 Å². The lowest BCUT2D eigenvalue weighted by molar-refractivity contribution is 0.590. The highest BCUT2D eigenvalue weighted by Crippen LogP contribution is 2.44. The zero-order valence-electron chi connectivity index (χ0n) is 30.8. The van der Waals surface area contributed by atoms with Crippen molar-refractivity contribution in [3.8, 4) is 0 Å². The predicted molar refractivity (Wildman–Crippen MR) is 210 cm³/mol. The second-order valence-corrected chi connectivity index (χ2v) is 14.5. The molecule has 5 aromatic rings. The van der Waals surface area contributed by atoms with E-state index in [4.69, 9.17) is 0 Å². The van der Waals surface area contributed by atoms with E-state index >= 15 is 0 Å². The van der Waals surface area contributed by atoms with Crippen molar-refractivity contribution in [2.75, 3.05) is 9.80 Å². The molecule has 0 amide bonds. The molecule has 0 fully saturated rings. The van der Waals surface area contributed by atoms with Gasteiger partial charge in [0.25, 0.3) is 6.71 Å². The average molecular weight is 621 g/mol. The number of benzene rings is 5. The molecule has 0 aromatic heterocycles. The van der Waals surface area contributed by atoms with Gasteiger partial charge in [0.15, 0.2) is 0 Å². The molecule has 3 heteroatoms. The number of rotatable bonds is 2. The van der Waals surface area contributed by atoms with Gasteiger partial charge in [0.2, 0.25) is 0 Å². The Labute approximate surface area is 285 Å². The fourth-order valence-electron chi connectivity index (χ4n) is 6.82. The van der Waals surface area contributed by atoms with E-state index in [2.05, 4.69) is 168 Å². The first-order chi connectivity index (χ1) is 22.4. The number of fused-ring (bicyclic) bond motifs is 4. The van der Waals surface area contributed by atoms with Gasteiger partial charge in [-0.05, 0) is 101 Å². The maximum Gasteiger partial charge on any atom is 0.252 e. The van der Waals surface area contributed by atoms with Crippen LogP contribution in [0.15, 0.2) is 103 Å². The summed E-state index contributed by atoms with van der Waals surface area (Å²) >= 11 is 0. The largest absolute Gasteiger partial charge is 0.311 e. The topological polar surface area (TPSA) is 6.48 Å². The molecule has 0 spiro atoms. The number of nitrogens with zero attached hydrogens (tertiary/aromatic N) is 2. The molecular formula is C44H53BN2. The van der Waals surface area contributed by atoms with Crippen LogP contribution >= 0.6 is 0 Å². The van der Waals surface area contributed by atoms with Crippen molar-refractivity contribution in [1.82, 2.24) is 0 Å². The number of aryl methyl sites for hydroxylation is 2. The van der Waals surface area contributed by atoms with Crippen LogP contribution in [0.5, 0.6) is 0 Å². The molecule has 0 aliphatic carbocycles. The fraction of sp³-hybridized carbons (Fsp3) is 0.318. The molecule has 0 bridgehead atoms. The normalized spacial score (nSPS) is 13.0. The Hall–Kier alpha value is -4.24. The second kappa shape index (κ2) is 13.1. The van der Waals surface area contributed by atoms with Gasteiger partial charge < -0.3 is 9.80 Å². The highest BCUT2D eigenvalue weighted by atomic mass is 15.2. The van der Waals surface area contributed by atoms with Crippen LogP contribution in [0, 0.1) is 13.8 Å². The Bertz CT molecular complexity index is 1720. The van der Waals surface area contributed by atoms with Gasteiger partial charge >= 0.3 is 0 Å². The van der Waals surface area contributed by atoms with Crippen LogP contribution in [0.25, 0.3) is 0 Å². The fourth-order valence-corrected chi connectivity index (χ4v) is 6.82. The van der Waals surface area contributed by atoms with Gasteiger partial charge in [-0.25, -0.2) is 0 Å². The Morgan fingerprint density at radius 3 is 1.15 bits per heavy atom. The number of anilines is 6. The van der Waals surface area contributed by atoms with E-state index in [0.717, 1.165) is 0 Å². The number of hydrogen-bond donors (Lipinski definition) is 0. The summed E-state index contributed by atoms with van der Waals surface area (Å²) in [6.45, 7) is 26.4. The van der Waals surface area contributed by atoms with Gasteiger partial charge in [-0.15, -0.1) is 0 Å². The zero-order chi connectivity index (χ0) is 34.3. The summed E-state index contributed by atoms with van der Waals surface area (Å²) in [7, 11) is 0. The first kappa shape index (κ1) is 34.1. The van der Waals surface area contributed by atoms with Crippen molar-refractivity contribution in [1.29, 1.82) is 0 Å². The molecule has 0 saturated heterocycles. The van der Waals surface area contributed by atoms with Crippen LogP contribution in [-0.2, 0) is 10.8 Å². The summed E-state index contributed by atoms with van der Waals surface area (Å²) in [6.07, 6.45) is 0. The first-order valence-electron chi connectivity index (χ1n) is 17.6. The Balaban J connectivity index is 0.00000105. The first-order valence-corrected chi connectivity index (χ1v) is 17.6. The quantitative estimate of drug-likeness (QED) is 0.177. The van der Waals surface area contributed by atoms with E-state index in [0.29, 0.717) is 0 Å². The van der Waals surface area contributed by atoms with Crippen LogP contribution in [0.1, 0.15) is 91.5 Å². The third kappa shape index (κ3) is 6.13. The predicted octanol–water partition coefficient (Wildman–Crippen LogP) is 11.0. The summed E-state index contributed by atoms with van der Waals surface area (Å²) in [4.78, 5) is 4.98. The summed E-state index contributed by atoms with van der Waals surface area (Å²) in [6, 6.07) is 39.2. The van der Waals surface area contributed by atoms with E-state index < -0.39 is 0 Å². The average Bonchev–Trinajstić information content (AvgIpc) is 3.06. The summed E-state index contributed by atoms with van der Waals surface area (Å²) in [5.41, 5.74) is 16.9. The zero-order valence-corrected chi connectivity index (χ0v) is 30.8. The van der Waals surface area contributed by atoms with Crippen LogP contribution in [-0.4, -0.2) is 6.71 Å². The molecule has 7 rings (SSSR count). The van der Waals surface area contributed by atoms with E-state index in [9.17, 15) is 0 Å². The lowest BCUT2D eigenvalue weighted by atomic mass is 9.33. The van der Waals surface area contributed by atoms with Gasteiger partial charge in [-0.1, -0.05) is 135 Å². The van der Waals surface area contributed by atoms with Crippen LogP contribution < -0.4 is 26.2 Å². The van der Waals surface area contributed by atoms with Gasteiger partial charge in [-0.2, -0.15) is 0 Å². The van der Waals surface area contributed by atoms with Crippen molar-refractivity contribution in [2.45, 2.75) is 93.9 Å². The summed E-state index contributed by atoms with van der Waals surface area (Å²) in [5, 5.41) is 0. The molecule has 2 heterocycles.